The maximum atomic E-state index is 14.2. The van der Waals surface area contributed by atoms with Crippen molar-refractivity contribution in [1.82, 2.24) is 4.90 Å². The van der Waals surface area contributed by atoms with E-state index in [1.807, 2.05) is 12.1 Å². The van der Waals surface area contributed by atoms with E-state index >= 15 is 0 Å². The zero-order chi connectivity index (χ0) is 14.8. The van der Waals surface area contributed by atoms with Crippen LogP contribution in [0.3, 0.4) is 0 Å². The van der Waals surface area contributed by atoms with Crippen LogP contribution in [0.2, 0.25) is 0 Å². The summed E-state index contributed by atoms with van der Waals surface area (Å²) in [7, 11) is 0. The first kappa shape index (κ1) is 14.2. The van der Waals surface area contributed by atoms with Crippen molar-refractivity contribution in [1.29, 1.82) is 0 Å². The first-order valence-corrected chi connectivity index (χ1v) is 7.51. The van der Waals surface area contributed by atoms with E-state index in [4.69, 9.17) is 5.73 Å². The third-order valence-electron chi connectivity index (χ3n) is 4.36. The van der Waals surface area contributed by atoms with Crippen LogP contribution in [-0.4, -0.2) is 10.9 Å². The molecule has 0 fully saturated rings. The average molecular weight is 284 g/mol. The third-order valence-corrected chi connectivity index (χ3v) is 4.36. The molecule has 0 amide bonds. The maximum absolute atomic E-state index is 14.2. The lowest BCUT2D eigenvalue weighted by atomic mass is 9.96. The predicted molar refractivity (Wildman–Crippen MR) is 83.1 cm³/mol. The van der Waals surface area contributed by atoms with Gasteiger partial charge in [0.2, 0.25) is 0 Å². The summed E-state index contributed by atoms with van der Waals surface area (Å²) in [6, 6.07) is 15.2. The largest absolute Gasteiger partial charge is 0.326 e. The van der Waals surface area contributed by atoms with Gasteiger partial charge in [0.25, 0.3) is 0 Å². The smallest absolute Gasteiger partial charge is 0.128 e. The van der Waals surface area contributed by atoms with Crippen LogP contribution in [0.4, 0.5) is 4.39 Å². The molecular formula is C18H21FN2. The van der Waals surface area contributed by atoms with Crippen LogP contribution < -0.4 is 5.73 Å². The molecule has 110 valence electrons. The van der Waals surface area contributed by atoms with Gasteiger partial charge >= 0.3 is 0 Å². The molecule has 0 radical (unpaired) electrons. The van der Waals surface area contributed by atoms with Gasteiger partial charge in [-0.25, -0.2) is 4.39 Å². The van der Waals surface area contributed by atoms with E-state index < -0.39 is 0 Å². The normalized spacial score (nSPS) is 17.5. The molecule has 0 saturated carbocycles. The molecule has 2 atom stereocenters. The Hall–Kier alpha value is -1.71. The molecule has 3 rings (SSSR count). The number of hydrogen-bond acceptors (Lipinski definition) is 2. The van der Waals surface area contributed by atoms with E-state index in [0.29, 0.717) is 5.56 Å². The van der Waals surface area contributed by atoms with Gasteiger partial charge in [0, 0.05) is 24.7 Å². The van der Waals surface area contributed by atoms with Gasteiger partial charge in [-0.3, -0.25) is 4.90 Å². The summed E-state index contributed by atoms with van der Waals surface area (Å²) in [6.45, 7) is 3.73. The zero-order valence-corrected chi connectivity index (χ0v) is 12.3. The average Bonchev–Trinajstić information content (AvgIpc) is 2.92. The number of halogens is 1. The van der Waals surface area contributed by atoms with Crippen molar-refractivity contribution >= 4 is 0 Å². The summed E-state index contributed by atoms with van der Waals surface area (Å²) in [5, 5.41) is 0. The summed E-state index contributed by atoms with van der Waals surface area (Å²) >= 11 is 0. The van der Waals surface area contributed by atoms with E-state index in [1.54, 1.807) is 6.07 Å². The fourth-order valence-corrected chi connectivity index (χ4v) is 3.19. The molecule has 2 nitrogen and oxygen atoms in total. The molecule has 1 aliphatic rings. The summed E-state index contributed by atoms with van der Waals surface area (Å²) in [4.78, 5) is 2.29. The Kier molecular flexibility index (Phi) is 4.04. The summed E-state index contributed by atoms with van der Waals surface area (Å²) in [6.07, 6.45) is 0.825. The first-order chi connectivity index (χ1) is 10.2. The van der Waals surface area contributed by atoms with Crippen LogP contribution >= 0.6 is 0 Å². The molecule has 2 N–H and O–H groups in total. The Balaban J connectivity index is 1.94. The quantitative estimate of drug-likeness (QED) is 0.929. The van der Waals surface area contributed by atoms with Crippen LogP contribution in [0.5, 0.6) is 0 Å². The molecular weight excluding hydrogens is 263 g/mol. The maximum Gasteiger partial charge on any atom is 0.128 e. The lowest BCUT2D eigenvalue weighted by Crippen LogP contribution is -2.38. The molecule has 2 unspecified atom stereocenters. The van der Waals surface area contributed by atoms with Crippen molar-refractivity contribution in [3.63, 3.8) is 0 Å². The predicted octanol–water partition coefficient (Wildman–Crippen LogP) is 3.62. The van der Waals surface area contributed by atoms with E-state index in [-0.39, 0.29) is 17.9 Å². The lowest BCUT2D eigenvalue weighted by molar-refractivity contribution is 0.166. The van der Waals surface area contributed by atoms with Gasteiger partial charge in [-0.1, -0.05) is 49.4 Å². The van der Waals surface area contributed by atoms with Crippen LogP contribution in [0, 0.1) is 5.82 Å². The van der Waals surface area contributed by atoms with Crippen molar-refractivity contribution in [2.45, 2.75) is 38.5 Å². The number of nitrogens with two attached hydrogens (primary N) is 1. The van der Waals surface area contributed by atoms with Gasteiger partial charge in [0.1, 0.15) is 5.82 Å². The minimum absolute atomic E-state index is 0.0730. The van der Waals surface area contributed by atoms with E-state index in [9.17, 15) is 4.39 Å². The fourth-order valence-electron chi connectivity index (χ4n) is 3.19. The molecule has 1 heterocycles. The molecule has 0 aromatic heterocycles. The fraction of sp³-hybridized carbons (Fsp3) is 0.333. The number of rotatable bonds is 4. The van der Waals surface area contributed by atoms with Crippen LogP contribution in [0.25, 0.3) is 0 Å². The molecule has 0 saturated heterocycles. The Morgan fingerprint density at radius 3 is 2.19 bits per heavy atom. The molecule has 1 aliphatic heterocycles. The lowest BCUT2D eigenvalue weighted by Gasteiger charge is -2.32. The third kappa shape index (κ3) is 2.71. The van der Waals surface area contributed by atoms with Crippen LogP contribution in [-0.2, 0) is 13.1 Å². The van der Waals surface area contributed by atoms with Crippen LogP contribution in [0.15, 0.2) is 48.5 Å². The molecule has 3 heteroatoms. The van der Waals surface area contributed by atoms with Gasteiger partial charge in [-0.2, -0.15) is 0 Å². The van der Waals surface area contributed by atoms with Crippen molar-refractivity contribution < 1.29 is 4.39 Å². The number of nitrogens with zero attached hydrogens (tertiary/aromatic N) is 1. The highest BCUT2D eigenvalue weighted by molar-refractivity contribution is 5.32. The van der Waals surface area contributed by atoms with Gasteiger partial charge in [0.05, 0.1) is 6.04 Å². The number of hydrogen-bond donors (Lipinski definition) is 1. The van der Waals surface area contributed by atoms with Gasteiger partial charge in [-0.05, 0) is 23.6 Å². The molecule has 0 aliphatic carbocycles. The zero-order valence-electron chi connectivity index (χ0n) is 12.3. The first-order valence-electron chi connectivity index (χ1n) is 7.51. The minimum Gasteiger partial charge on any atom is -0.326 e. The van der Waals surface area contributed by atoms with Gasteiger partial charge in [0.15, 0.2) is 0 Å². The highest BCUT2D eigenvalue weighted by Gasteiger charge is 2.31. The van der Waals surface area contributed by atoms with Crippen molar-refractivity contribution in [2.24, 2.45) is 5.73 Å². The van der Waals surface area contributed by atoms with E-state index in [1.165, 1.54) is 17.2 Å². The summed E-state index contributed by atoms with van der Waals surface area (Å²) in [5.41, 5.74) is 9.68. The van der Waals surface area contributed by atoms with Crippen molar-refractivity contribution in [3.8, 4) is 0 Å². The minimum atomic E-state index is -0.164. The standard InChI is InChI=1S/C18H21FN2/c1-2-17(20)18(15-9-5-6-10-16(15)19)21-11-13-7-3-4-8-14(13)12-21/h3-10,17-18H,2,11-12,20H2,1H3. The highest BCUT2D eigenvalue weighted by atomic mass is 19.1. The molecule has 0 spiro atoms. The van der Waals surface area contributed by atoms with Crippen molar-refractivity contribution in [2.75, 3.05) is 0 Å². The van der Waals surface area contributed by atoms with Crippen LogP contribution in [0.1, 0.15) is 36.1 Å². The van der Waals surface area contributed by atoms with E-state index in [0.717, 1.165) is 19.5 Å². The molecule has 0 bridgehead atoms. The number of fused-ring (bicyclic) bond motifs is 1. The second-order valence-corrected chi connectivity index (χ2v) is 5.71. The Bertz CT molecular complexity index is 601. The number of benzene rings is 2. The summed E-state index contributed by atoms with van der Waals surface area (Å²) < 4.78 is 14.2. The van der Waals surface area contributed by atoms with Gasteiger partial charge in [-0.15, -0.1) is 0 Å². The monoisotopic (exact) mass is 284 g/mol. The summed E-state index contributed by atoms with van der Waals surface area (Å²) in [5.74, 6) is -0.164. The molecule has 21 heavy (non-hydrogen) atoms. The second-order valence-electron chi connectivity index (χ2n) is 5.71. The van der Waals surface area contributed by atoms with Crippen molar-refractivity contribution in [3.05, 3.63) is 71.0 Å². The highest BCUT2D eigenvalue weighted by Crippen LogP contribution is 2.34. The van der Waals surface area contributed by atoms with Gasteiger partial charge < -0.3 is 5.73 Å². The SMILES string of the molecule is CCC(N)C(c1ccccc1F)N1Cc2ccccc2C1. The Morgan fingerprint density at radius 1 is 1.05 bits per heavy atom. The van der Waals surface area contributed by atoms with E-state index in [2.05, 4.69) is 36.1 Å². The molecule has 2 aromatic carbocycles. The Morgan fingerprint density at radius 2 is 1.62 bits per heavy atom. The Labute approximate surface area is 125 Å². The second kappa shape index (κ2) is 5.96. The topological polar surface area (TPSA) is 29.3 Å². The molecule has 2 aromatic rings.